The predicted octanol–water partition coefficient (Wildman–Crippen LogP) is 2.10. The van der Waals surface area contributed by atoms with Crippen molar-refractivity contribution >= 4 is 5.91 Å². The molecule has 0 bridgehead atoms. The second kappa shape index (κ2) is 6.97. The summed E-state index contributed by atoms with van der Waals surface area (Å²) in [4.78, 5) is 24.7. The molecule has 0 aliphatic heterocycles. The lowest BCUT2D eigenvalue weighted by Crippen LogP contribution is -2.35. The SMILES string of the molecule is NCc1ccc(CNC(=O)c2cccn(C3CCC3)c2=O)c(F)c1. The maximum Gasteiger partial charge on any atom is 0.263 e. The van der Waals surface area contributed by atoms with Gasteiger partial charge in [0.2, 0.25) is 0 Å². The van der Waals surface area contributed by atoms with Crippen LogP contribution in [0.5, 0.6) is 0 Å². The Labute approximate surface area is 139 Å². The van der Waals surface area contributed by atoms with Crippen LogP contribution < -0.4 is 16.6 Å². The molecule has 1 aliphatic carbocycles. The van der Waals surface area contributed by atoms with Gasteiger partial charge in [-0.3, -0.25) is 9.59 Å². The molecule has 0 spiro atoms. The van der Waals surface area contributed by atoms with E-state index in [0.717, 1.165) is 19.3 Å². The number of nitrogens with two attached hydrogens (primary N) is 1. The van der Waals surface area contributed by atoms with Crippen LogP contribution in [0.1, 0.15) is 46.8 Å². The van der Waals surface area contributed by atoms with Crippen molar-refractivity contribution in [3.63, 3.8) is 0 Å². The number of carbonyl (C=O) groups excluding carboxylic acids is 1. The van der Waals surface area contributed by atoms with E-state index >= 15 is 0 Å². The minimum absolute atomic E-state index is 0.0211. The van der Waals surface area contributed by atoms with Crippen LogP contribution in [0, 0.1) is 5.82 Å². The Morgan fingerprint density at radius 1 is 1.33 bits per heavy atom. The number of rotatable bonds is 5. The van der Waals surface area contributed by atoms with E-state index < -0.39 is 11.7 Å². The number of nitrogens with zero attached hydrogens (tertiary/aromatic N) is 1. The zero-order valence-corrected chi connectivity index (χ0v) is 13.3. The van der Waals surface area contributed by atoms with Crippen LogP contribution in [0.3, 0.4) is 0 Å². The third-order valence-corrected chi connectivity index (χ3v) is 4.48. The summed E-state index contributed by atoms with van der Waals surface area (Å²) >= 11 is 0. The van der Waals surface area contributed by atoms with Gasteiger partial charge in [-0.25, -0.2) is 4.39 Å². The Hall–Kier alpha value is -2.47. The van der Waals surface area contributed by atoms with E-state index in [9.17, 15) is 14.0 Å². The van der Waals surface area contributed by atoms with Crippen molar-refractivity contribution in [2.45, 2.75) is 38.4 Å². The fourth-order valence-electron chi connectivity index (χ4n) is 2.77. The van der Waals surface area contributed by atoms with Gasteiger partial charge in [0.15, 0.2) is 0 Å². The topological polar surface area (TPSA) is 77.1 Å². The average Bonchev–Trinajstić information content (AvgIpc) is 2.53. The van der Waals surface area contributed by atoms with Gasteiger partial charge in [-0.1, -0.05) is 12.1 Å². The zero-order valence-electron chi connectivity index (χ0n) is 13.3. The van der Waals surface area contributed by atoms with Crippen LogP contribution >= 0.6 is 0 Å². The lowest BCUT2D eigenvalue weighted by molar-refractivity contribution is 0.0948. The molecule has 1 amide bonds. The van der Waals surface area contributed by atoms with Gasteiger partial charge in [0, 0.05) is 30.9 Å². The number of aromatic nitrogens is 1. The molecule has 3 N–H and O–H groups in total. The van der Waals surface area contributed by atoms with Gasteiger partial charge in [0.1, 0.15) is 11.4 Å². The van der Waals surface area contributed by atoms with Gasteiger partial charge in [-0.15, -0.1) is 0 Å². The normalized spacial score (nSPS) is 14.2. The Morgan fingerprint density at radius 3 is 2.75 bits per heavy atom. The van der Waals surface area contributed by atoms with Crippen LogP contribution in [0.25, 0.3) is 0 Å². The molecule has 2 aromatic rings. The number of hydrogen-bond donors (Lipinski definition) is 2. The van der Waals surface area contributed by atoms with Crippen molar-refractivity contribution in [1.29, 1.82) is 0 Å². The molecule has 0 atom stereocenters. The van der Waals surface area contributed by atoms with Gasteiger partial charge in [0.25, 0.3) is 11.5 Å². The number of hydrogen-bond acceptors (Lipinski definition) is 3. The van der Waals surface area contributed by atoms with Gasteiger partial charge in [0.05, 0.1) is 0 Å². The highest BCUT2D eigenvalue weighted by Crippen LogP contribution is 2.29. The minimum atomic E-state index is -0.490. The monoisotopic (exact) mass is 329 g/mol. The summed E-state index contributed by atoms with van der Waals surface area (Å²) in [6.45, 7) is 0.279. The first-order chi connectivity index (χ1) is 11.6. The van der Waals surface area contributed by atoms with Crippen molar-refractivity contribution in [3.05, 3.63) is 69.4 Å². The highest BCUT2D eigenvalue weighted by Gasteiger charge is 2.22. The predicted molar refractivity (Wildman–Crippen MR) is 89.1 cm³/mol. The molecule has 1 fully saturated rings. The molecule has 1 aromatic heterocycles. The quantitative estimate of drug-likeness (QED) is 0.882. The summed E-state index contributed by atoms with van der Waals surface area (Å²) in [5.74, 6) is -0.908. The van der Waals surface area contributed by atoms with Gasteiger partial charge in [-0.05, 0) is 43.0 Å². The molecule has 1 heterocycles. The lowest BCUT2D eigenvalue weighted by atomic mass is 9.92. The Balaban J connectivity index is 1.72. The number of carbonyl (C=O) groups is 1. The summed E-state index contributed by atoms with van der Waals surface area (Å²) in [6.07, 6.45) is 4.74. The van der Waals surface area contributed by atoms with Crippen molar-refractivity contribution < 1.29 is 9.18 Å². The average molecular weight is 329 g/mol. The molecule has 0 unspecified atom stereocenters. The molecule has 1 aliphatic rings. The van der Waals surface area contributed by atoms with Crippen molar-refractivity contribution in [3.8, 4) is 0 Å². The molecule has 0 radical (unpaired) electrons. The summed E-state index contributed by atoms with van der Waals surface area (Å²) < 4.78 is 15.5. The molecule has 0 saturated heterocycles. The van der Waals surface area contributed by atoms with E-state index in [1.54, 1.807) is 29.0 Å². The molecule has 5 nitrogen and oxygen atoms in total. The fourth-order valence-corrected chi connectivity index (χ4v) is 2.77. The molecular formula is C18H20FN3O2. The zero-order chi connectivity index (χ0) is 17.1. The number of halogens is 1. The molecule has 24 heavy (non-hydrogen) atoms. The third-order valence-electron chi connectivity index (χ3n) is 4.48. The van der Waals surface area contributed by atoms with E-state index in [2.05, 4.69) is 5.32 Å². The summed E-state index contributed by atoms with van der Waals surface area (Å²) in [6, 6.07) is 8.05. The number of pyridine rings is 1. The molecule has 126 valence electrons. The van der Waals surface area contributed by atoms with Crippen molar-refractivity contribution in [2.24, 2.45) is 5.73 Å². The lowest BCUT2D eigenvalue weighted by Gasteiger charge is -2.27. The Morgan fingerprint density at radius 2 is 2.12 bits per heavy atom. The van der Waals surface area contributed by atoms with E-state index in [1.807, 2.05) is 0 Å². The largest absolute Gasteiger partial charge is 0.348 e. The molecule has 1 saturated carbocycles. The first-order valence-corrected chi connectivity index (χ1v) is 8.07. The summed E-state index contributed by atoms with van der Waals surface area (Å²) in [5, 5.41) is 2.61. The number of nitrogens with one attached hydrogen (secondary N) is 1. The second-order valence-corrected chi connectivity index (χ2v) is 6.03. The van der Waals surface area contributed by atoms with Gasteiger partial charge < -0.3 is 15.6 Å². The maximum atomic E-state index is 13.9. The molecule has 3 rings (SSSR count). The highest BCUT2D eigenvalue weighted by molar-refractivity contribution is 5.93. The fraction of sp³-hybridized carbons (Fsp3) is 0.333. The maximum absolute atomic E-state index is 13.9. The van der Waals surface area contributed by atoms with E-state index in [-0.39, 0.29) is 30.3 Å². The Kier molecular flexibility index (Phi) is 4.76. The molecule has 6 heteroatoms. The Bertz CT molecular complexity index is 812. The van der Waals surface area contributed by atoms with E-state index in [0.29, 0.717) is 11.1 Å². The first-order valence-electron chi connectivity index (χ1n) is 8.07. The van der Waals surface area contributed by atoms with E-state index in [1.165, 1.54) is 12.1 Å². The first kappa shape index (κ1) is 16.4. The van der Waals surface area contributed by atoms with Gasteiger partial charge >= 0.3 is 0 Å². The smallest absolute Gasteiger partial charge is 0.263 e. The standard InChI is InChI=1S/C18H20FN3O2/c19-16-9-12(10-20)6-7-13(16)11-21-17(23)15-5-2-8-22(18(15)24)14-3-1-4-14/h2,5-9,14H,1,3-4,10-11,20H2,(H,21,23). The highest BCUT2D eigenvalue weighted by atomic mass is 19.1. The van der Waals surface area contributed by atoms with Crippen LogP contribution in [0.2, 0.25) is 0 Å². The van der Waals surface area contributed by atoms with Gasteiger partial charge in [-0.2, -0.15) is 0 Å². The van der Waals surface area contributed by atoms with Crippen LogP contribution in [-0.4, -0.2) is 10.5 Å². The van der Waals surface area contributed by atoms with Crippen LogP contribution in [0.4, 0.5) is 4.39 Å². The number of benzene rings is 1. The number of amides is 1. The summed E-state index contributed by atoms with van der Waals surface area (Å²) in [5.41, 5.74) is 6.30. The molecule has 1 aromatic carbocycles. The van der Waals surface area contributed by atoms with Crippen LogP contribution in [0.15, 0.2) is 41.3 Å². The minimum Gasteiger partial charge on any atom is -0.348 e. The van der Waals surface area contributed by atoms with E-state index in [4.69, 9.17) is 5.73 Å². The van der Waals surface area contributed by atoms with Crippen molar-refractivity contribution in [1.82, 2.24) is 9.88 Å². The third kappa shape index (κ3) is 3.23. The second-order valence-electron chi connectivity index (χ2n) is 6.03. The van der Waals surface area contributed by atoms with Crippen molar-refractivity contribution in [2.75, 3.05) is 0 Å². The van der Waals surface area contributed by atoms with Crippen LogP contribution in [-0.2, 0) is 13.1 Å². The molecular weight excluding hydrogens is 309 g/mol. The summed E-state index contributed by atoms with van der Waals surface area (Å²) in [7, 11) is 0.